The zero-order chi connectivity index (χ0) is 30.2. The first kappa shape index (κ1) is 26.5. The van der Waals surface area contributed by atoms with Crippen molar-refractivity contribution in [1.29, 1.82) is 0 Å². The van der Waals surface area contributed by atoms with Gasteiger partial charge in [-0.2, -0.15) is 0 Å². The molecule has 0 saturated carbocycles. The van der Waals surface area contributed by atoms with E-state index in [-0.39, 0.29) is 0 Å². The van der Waals surface area contributed by atoms with E-state index in [0.29, 0.717) is 0 Å². The molecule has 216 valence electrons. The minimum atomic E-state index is 0.814. The van der Waals surface area contributed by atoms with Crippen molar-refractivity contribution in [1.82, 2.24) is 9.97 Å². The van der Waals surface area contributed by atoms with Gasteiger partial charge in [0.05, 0.1) is 45.5 Å². The number of benzene rings is 4. The van der Waals surface area contributed by atoms with Crippen LogP contribution in [-0.2, 0) is 0 Å². The second-order valence-electron chi connectivity index (χ2n) is 11.0. The molecule has 0 atom stereocenters. The lowest BCUT2D eigenvalue weighted by Crippen LogP contribution is -2.21. The molecule has 0 spiro atoms. The van der Waals surface area contributed by atoms with Gasteiger partial charge in [0.2, 0.25) is 0 Å². The molecule has 0 amide bonds. The van der Waals surface area contributed by atoms with Gasteiger partial charge >= 0.3 is 0 Å². The molecule has 1 N–H and O–H groups in total. The fourth-order valence-electron chi connectivity index (χ4n) is 6.02. The molecule has 2 aliphatic rings. The largest absolute Gasteiger partial charge is 0.340 e. The van der Waals surface area contributed by atoms with Crippen LogP contribution < -0.4 is 20.0 Å². The maximum absolute atomic E-state index is 5.06. The van der Waals surface area contributed by atoms with Crippen molar-refractivity contribution in [3.8, 4) is 11.4 Å². The second kappa shape index (κ2) is 11.2. The summed E-state index contributed by atoms with van der Waals surface area (Å²) in [5.74, 6) is 1.98. The van der Waals surface area contributed by atoms with Crippen molar-refractivity contribution in [3.05, 3.63) is 169 Å². The third kappa shape index (κ3) is 4.88. The summed E-state index contributed by atoms with van der Waals surface area (Å²) < 4.78 is 0. The van der Waals surface area contributed by atoms with Crippen molar-refractivity contribution < 1.29 is 0 Å². The number of hydrogen-bond acceptors (Lipinski definition) is 6. The first-order valence-electron chi connectivity index (χ1n) is 15.0. The molecule has 0 radical (unpaired) electrons. The van der Waals surface area contributed by atoms with Crippen molar-refractivity contribution in [3.63, 3.8) is 0 Å². The molecule has 0 unspecified atom stereocenters. The number of aromatic nitrogens is 2. The van der Waals surface area contributed by atoms with E-state index in [9.17, 15) is 0 Å². The quantitative estimate of drug-likeness (QED) is 0.219. The summed E-state index contributed by atoms with van der Waals surface area (Å²) in [6.45, 7) is 0. The topological polar surface area (TPSA) is 47.5 Å². The third-order valence-electron chi connectivity index (χ3n) is 8.10. The van der Waals surface area contributed by atoms with Crippen LogP contribution in [0.25, 0.3) is 23.5 Å². The van der Waals surface area contributed by atoms with E-state index in [1.54, 1.807) is 0 Å². The summed E-state index contributed by atoms with van der Waals surface area (Å²) in [4.78, 5) is 16.8. The molecule has 2 aromatic heterocycles. The van der Waals surface area contributed by atoms with Crippen molar-refractivity contribution in [2.75, 3.05) is 27.1 Å². The van der Waals surface area contributed by atoms with Crippen molar-refractivity contribution >= 4 is 46.3 Å². The predicted octanol–water partition coefficient (Wildman–Crippen LogP) is 9.29. The number of hydrogen-bond donors (Lipinski definition) is 1. The normalized spacial score (nSPS) is 15.4. The van der Waals surface area contributed by atoms with Crippen LogP contribution in [0.2, 0.25) is 0 Å². The SMILES string of the molecule is CN1C(=Cc2cccc(-c3cccc(C=C4Nc5ccccc5N4c4ccccc4)n3)n2)N(c2ccccc2)c2ccccc21. The maximum atomic E-state index is 5.06. The summed E-state index contributed by atoms with van der Waals surface area (Å²) in [5.41, 5.74) is 9.99. The molecule has 6 nitrogen and oxygen atoms in total. The first-order valence-corrected chi connectivity index (χ1v) is 15.0. The Morgan fingerprint density at radius 2 is 1.02 bits per heavy atom. The number of nitrogens with one attached hydrogen (secondary N) is 1. The Morgan fingerprint density at radius 1 is 0.489 bits per heavy atom. The molecule has 6 aromatic rings. The number of fused-ring (bicyclic) bond motifs is 2. The van der Waals surface area contributed by atoms with E-state index in [0.717, 1.165) is 68.5 Å². The average Bonchev–Trinajstić information content (AvgIpc) is 3.60. The van der Waals surface area contributed by atoms with Gasteiger partial charge in [-0.25, -0.2) is 9.97 Å². The lowest BCUT2D eigenvalue weighted by atomic mass is 10.2. The van der Waals surface area contributed by atoms with Gasteiger partial charge in [-0.3, -0.25) is 9.80 Å². The molecular formula is C39H30N6. The Balaban J connectivity index is 1.14. The number of para-hydroxylation sites is 6. The standard InChI is InChI=1S/C39H30N6/c1-43-36-24-10-11-25-37(36)45(31-18-6-3-7-19-31)39(43)27-29-15-13-22-33(41-29)32-21-12-14-28(40-32)26-38-42-34-20-8-9-23-35(34)44(38)30-16-4-2-5-17-30/h2-27,42H,1H3. The van der Waals surface area contributed by atoms with Crippen LogP contribution in [0.15, 0.2) is 157 Å². The molecule has 4 heterocycles. The highest BCUT2D eigenvalue weighted by Crippen LogP contribution is 2.45. The van der Waals surface area contributed by atoms with Crippen LogP contribution in [0.4, 0.5) is 34.1 Å². The van der Waals surface area contributed by atoms with Gasteiger partial charge in [-0.05, 0) is 72.8 Å². The van der Waals surface area contributed by atoms with Gasteiger partial charge in [0.15, 0.2) is 0 Å². The Morgan fingerprint density at radius 3 is 1.69 bits per heavy atom. The highest BCUT2D eigenvalue weighted by molar-refractivity contribution is 5.91. The molecule has 2 aliphatic heterocycles. The fourth-order valence-corrected chi connectivity index (χ4v) is 6.02. The van der Waals surface area contributed by atoms with Crippen molar-refractivity contribution in [2.24, 2.45) is 0 Å². The first-order chi connectivity index (χ1) is 22.2. The molecule has 8 rings (SSSR count). The Kier molecular flexibility index (Phi) is 6.57. The number of nitrogens with zero attached hydrogens (tertiary/aromatic N) is 5. The summed E-state index contributed by atoms with van der Waals surface area (Å²) in [7, 11) is 2.10. The molecule has 45 heavy (non-hydrogen) atoms. The number of rotatable bonds is 5. The van der Waals surface area contributed by atoms with Crippen LogP contribution >= 0.6 is 0 Å². The van der Waals surface area contributed by atoms with Crippen molar-refractivity contribution in [2.45, 2.75) is 0 Å². The fraction of sp³-hybridized carbons (Fsp3) is 0.0256. The minimum Gasteiger partial charge on any atom is -0.340 e. The van der Waals surface area contributed by atoms with Gasteiger partial charge in [-0.15, -0.1) is 0 Å². The molecule has 6 heteroatoms. The van der Waals surface area contributed by atoms with E-state index in [2.05, 4.69) is 130 Å². The van der Waals surface area contributed by atoms with Crippen LogP contribution in [-0.4, -0.2) is 17.0 Å². The lowest BCUT2D eigenvalue weighted by molar-refractivity contribution is 1.09. The Hall–Kier alpha value is -6.14. The van der Waals surface area contributed by atoms with Gasteiger partial charge in [-0.1, -0.05) is 72.8 Å². The minimum absolute atomic E-state index is 0.814. The maximum Gasteiger partial charge on any atom is 0.120 e. The van der Waals surface area contributed by atoms with Crippen LogP contribution in [0.5, 0.6) is 0 Å². The number of anilines is 6. The summed E-state index contributed by atoms with van der Waals surface area (Å²) >= 11 is 0. The van der Waals surface area contributed by atoms with E-state index < -0.39 is 0 Å². The highest BCUT2D eigenvalue weighted by Gasteiger charge is 2.30. The highest BCUT2D eigenvalue weighted by atomic mass is 15.4. The van der Waals surface area contributed by atoms with Gasteiger partial charge in [0.25, 0.3) is 0 Å². The second-order valence-corrected chi connectivity index (χ2v) is 11.0. The monoisotopic (exact) mass is 582 g/mol. The molecule has 4 aromatic carbocycles. The molecule has 0 bridgehead atoms. The molecule has 0 saturated heterocycles. The van der Waals surface area contributed by atoms with E-state index in [1.807, 2.05) is 54.6 Å². The Bertz CT molecular complexity index is 2070. The smallest absolute Gasteiger partial charge is 0.120 e. The lowest BCUT2D eigenvalue weighted by Gasteiger charge is -2.23. The van der Waals surface area contributed by atoms with Crippen LogP contribution in [0, 0.1) is 0 Å². The zero-order valence-electron chi connectivity index (χ0n) is 24.7. The van der Waals surface area contributed by atoms with E-state index in [4.69, 9.17) is 9.97 Å². The zero-order valence-corrected chi connectivity index (χ0v) is 24.7. The Labute approximate surface area is 262 Å². The summed E-state index contributed by atoms with van der Waals surface area (Å²) in [5, 5.41) is 3.58. The molecular weight excluding hydrogens is 552 g/mol. The van der Waals surface area contributed by atoms with Gasteiger partial charge < -0.3 is 10.2 Å². The predicted molar refractivity (Wildman–Crippen MR) is 185 cm³/mol. The van der Waals surface area contributed by atoms with Gasteiger partial charge in [0.1, 0.15) is 11.6 Å². The number of pyridine rings is 2. The van der Waals surface area contributed by atoms with Gasteiger partial charge in [0, 0.05) is 30.6 Å². The van der Waals surface area contributed by atoms with E-state index >= 15 is 0 Å². The molecule has 0 fully saturated rings. The van der Waals surface area contributed by atoms with Crippen LogP contribution in [0.1, 0.15) is 11.4 Å². The van der Waals surface area contributed by atoms with E-state index in [1.165, 1.54) is 0 Å². The molecule has 0 aliphatic carbocycles. The summed E-state index contributed by atoms with van der Waals surface area (Å²) in [6, 6.07) is 49.8. The van der Waals surface area contributed by atoms with Crippen LogP contribution in [0.3, 0.4) is 0 Å². The third-order valence-corrected chi connectivity index (χ3v) is 8.10. The average molecular weight is 583 g/mol. The summed E-state index contributed by atoms with van der Waals surface area (Å²) in [6.07, 6.45) is 4.23.